The number of aryl methyl sites for hydroxylation is 1. The Bertz CT molecular complexity index is 419. The van der Waals surface area contributed by atoms with E-state index in [0.29, 0.717) is 6.04 Å². The Kier molecular flexibility index (Phi) is 3.68. The highest BCUT2D eigenvalue weighted by Gasteiger charge is 2.37. The van der Waals surface area contributed by atoms with Crippen LogP contribution in [0.2, 0.25) is 0 Å². The molecule has 0 aromatic heterocycles. The lowest BCUT2D eigenvalue weighted by atomic mass is 9.92. The number of rotatable bonds is 1. The summed E-state index contributed by atoms with van der Waals surface area (Å²) in [6.07, 6.45) is 3.80. The number of nitrogens with zero attached hydrogens (tertiary/aromatic N) is 1. The SMILES string of the molecule is CC.Cc1ccccc1C1=CC2CC1CN2C. The first-order chi connectivity index (χ1) is 8.25. The average molecular weight is 229 g/mol. The molecule has 1 saturated heterocycles. The third-order valence-electron chi connectivity index (χ3n) is 3.87. The lowest BCUT2D eigenvalue weighted by molar-refractivity contribution is 0.347. The zero-order valence-electron chi connectivity index (χ0n) is 11.4. The summed E-state index contributed by atoms with van der Waals surface area (Å²) in [5.41, 5.74) is 4.48. The molecule has 0 saturated carbocycles. The largest absolute Gasteiger partial charge is 0.299 e. The quantitative estimate of drug-likeness (QED) is 0.709. The Labute approximate surface area is 105 Å². The number of benzene rings is 1. The summed E-state index contributed by atoms with van der Waals surface area (Å²) < 4.78 is 0. The molecule has 1 heterocycles. The van der Waals surface area contributed by atoms with Crippen molar-refractivity contribution in [1.82, 2.24) is 4.90 Å². The monoisotopic (exact) mass is 229 g/mol. The highest BCUT2D eigenvalue weighted by atomic mass is 15.2. The predicted molar refractivity (Wildman–Crippen MR) is 75.0 cm³/mol. The fraction of sp³-hybridized carbons (Fsp3) is 0.500. The second kappa shape index (κ2) is 5.05. The molecular weight excluding hydrogens is 206 g/mol. The molecule has 1 nitrogen and oxygen atoms in total. The van der Waals surface area contributed by atoms with E-state index in [1.165, 1.54) is 24.1 Å². The van der Waals surface area contributed by atoms with E-state index in [9.17, 15) is 0 Å². The molecule has 2 aliphatic rings. The van der Waals surface area contributed by atoms with Crippen LogP contribution < -0.4 is 0 Å². The molecule has 1 aromatic rings. The van der Waals surface area contributed by atoms with Gasteiger partial charge in [0.05, 0.1) is 0 Å². The highest BCUT2D eigenvalue weighted by molar-refractivity contribution is 5.73. The molecule has 2 atom stereocenters. The molecule has 2 bridgehead atoms. The van der Waals surface area contributed by atoms with E-state index in [0.717, 1.165) is 5.92 Å². The molecule has 2 unspecified atom stereocenters. The Morgan fingerprint density at radius 3 is 2.41 bits per heavy atom. The molecule has 0 N–H and O–H groups in total. The number of hydrogen-bond acceptors (Lipinski definition) is 1. The maximum Gasteiger partial charge on any atom is 0.0287 e. The van der Waals surface area contributed by atoms with Crippen molar-refractivity contribution in [3.8, 4) is 0 Å². The molecule has 3 rings (SSSR count). The summed E-state index contributed by atoms with van der Waals surface area (Å²) in [5, 5.41) is 0. The summed E-state index contributed by atoms with van der Waals surface area (Å²) in [6.45, 7) is 7.46. The second-order valence-corrected chi connectivity index (χ2v) is 4.88. The minimum absolute atomic E-state index is 0.699. The fourth-order valence-corrected chi connectivity index (χ4v) is 3.00. The van der Waals surface area contributed by atoms with Crippen molar-refractivity contribution in [3.05, 3.63) is 41.5 Å². The van der Waals surface area contributed by atoms with E-state index >= 15 is 0 Å². The van der Waals surface area contributed by atoms with E-state index in [1.807, 2.05) is 13.8 Å². The van der Waals surface area contributed by atoms with E-state index in [4.69, 9.17) is 0 Å². The number of likely N-dealkylation sites (tertiary alicyclic amines) is 1. The zero-order chi connectivity index (χ0) is 12.4. The van der Waals surface area contributed by atoms with Crippen molar-refractivity contribution >= 4 is 5.57 Å². The van der Waals surface area contributed by atoms with Gasteiger partial charge in [-0.3, -0.25) is 4.90 Å². The normalized spacial score (nSPS) is 26.5. The maximum absolute atomic E-state index is 2.47. The van der Waals surface area contributed by atoms with E-state index in [2.05, 4.69) is 49.2 Å². The smallest absolute Gasteiger partial charge is 0.0287 e. The Morgan fingerprint density at radius 2 is 1.88 bits per heavy atom. The van der Waals surface area contributed by atoms with E-state index < -0.39 is 0 Å². The van der Waals surface area contributed by atoms with Crippen LogP contribution in [0.25, 0.3) is 5.57 Å². The van der Waals surface area contributed by atoms with Gasteiger partial charge in [0, 0.05) is 12.6 Å². The van der Waals surface area contributed by atoms with Gasteiger partial charge in [0.2, 0.25) is 0 Å². The molecule has 17 heavy (non-hydrogen) atoms. The van der Waals surface area contributed by atoms with Crippen LogP contribution in [0.15, 0.2) is 30.3 Å². The first kappa shape index (κ1) is 12.4. The predicted octanol–water partition coefficient (Wildman–Crippen LogP) is 3.74. The molecular formula is C16H23N. The van der Waals surface area contributed by atoms with Crippen LogP contribution in [-0.4, -0.2) is 24.5 Å². The highest BCUT2D eigenvalue weighted by Crippen LogP contribution is 2.42. The van der Waals surface area contributed by atoms with Crippen molar-refractivity contribution < 1.29 is 0 Å². The van der Waals surface area contributed by atoms with Crippen LogP contribution in [0.4, 0.5) is 0 Å². The molecule has 0 amide bonds. The first-order valence-corrected chi connectivity index (χ1v) is 6.73. The summed E-state index contributed by atoms with van der Waals surface area (Å²) >= 11 is 0. The van der Waals surface area contributed by atoms with Crippen molar-refractivity contribution in [2.45, 2.75) is 33.2 Å². The molecule has 1 aliphatic carbocycles. The zero-order valence-corrected chi connectivity index (χ0v) is 11.4. The van der Waals surface area contributed by atoms with Crippen LogP contribution in [0, 0.1) is 12.8 Å². The molecule has 0 radical (unpaired) electrons. The van der Waals surface area contributed by atoms with Crippen molar-refractivity contribution in [1.29, 1.82) is 0 Å². The van der Waals surface area contributed by atoms with Gasteiger partial charge < -0.3 is 0 Å². The minimum atomic E-state index is 0.699. The van der Waals surface area contributed by atoms with Crippen LogP contribution >= 0.6 is 0 Å². The maximum atomic E-state index is 2.47. The third kappa shape index (κ3) is 2.16. The lowest BCUT2D eigenvalue weighted by Crippen LogP contribution is -2.25. The third-order valence-corrected chi connectivity index (χ3v) is 3.87. The molecule has 92 valence electrons. The Balaban J connectivity index is 0.000000514. The van der Waals surface area contributed by atoms with E-state index in [-0.39, 0.29) is 0 Å². The molecule has 1 fully saturated rings. The van der Waals surface area contributed by atoms with Gasteiger partial charge in [-0.2, -0.15) is 0 Å². The number of likely N-dealkylation sites (N-methyl/N-ethyl adjacent to an activating group) is 1. The van der Waals surface area contributed by atoms with Crippen molar-refractivity contribution in [2.75, 3.05) is 13.6 Å². The van der Waals surface area contributed by atoms with Crippen LogP contribution in [0.5, 0.6) is 0 Å². The molecule has 1 aliphatic heterocycles. The van der Waals surface area contributed by atoms with Crippen LogP contribution in [0.1, 0.15) is 31.4 Å². The van der Waals surface area contributed by atoms with E-state index in [1.54, 1.807) is 5.57 Å². The van der Waals surface area contributed by atoms with Gasteiger partial charge in [0.1, 0.15) is 0 Å². The van der Waals surface area contributed by atoms with Gasteiger partial charge in [0.15, 0.2) is 0 Å². The second-order valence-electron chi connectivity index (χ2n) is 4.88. The summed E-state index contributed by atoms with van der Waals surface area (Å²) in [4.78, 5) is 2.46. The van der Waals surface area contributed by atoms with Crippen molar-refractivity contribution in [2.24, 2.45) is 5.92 Å². The summed E-state index contributed by atoms with van der Waals surface area (Å²) in [6, 6.07) is 9.45. The fourth-order valence-electron chi connectivity index (χ4n) is 3.00. The average Bonchev–Trinajstić information content (AvgIpc) is 2.91. The Hall–Kier alpha value is -1.08. The number of hydrogen-bond donors (Lipinski definition) is 0. The minimum Gasteiger partial charge on any atom is -0.299 e. The van der Waals surface area contributed by atoms with Crippen LogP contribution in [0.3, 0.4) is 0 Å². The van der Waals surface area contributed by atoms with Crippen molar-refractivity contribution in [3.63, 3.8) is 0 Å². The van der Waals surface area contributed by atoms with Gasteiger partial charge in [-0.05, 0) is 43.0 Å². The summed E-state index contributed by atoms with van der Waals surface area (Å²) in [7, 11) is 2.23. The van der Waals surface area contributed by atoms with Gasteiger partial charge in [-0.15, -0.1) is 0 Å². The molecule has 0 spiro atoms. The van der Waals surface area contributed by atoms with Gasteiger partial charge in [-0.25, -0.2) is 0 Å². The summed E-state index contributed by atoms with van der Waals surface area (Å²) in [5.74, 6) is 0.779. The number of fused-ring (bicyclic) bond motifs is 2. The Morgan fingerprint density at radius 1 is 1.18 bits per heavy atom. The van der Waals surface area contributed by atoms with Gasteiger partial charge in [0.25, 0.3) is 0 Å². The first-order valence-electron chi connectivity index (χ1n) is 6.73. The molecule has 1 aromatic carbocycles. The standard InChI is InChI=1S/C14H17N.C2H6/c1-10-5-3-4-6-13(10)14-8-12-7-11(14)9-15(12)2;1-2/h3-6,8,11-12H,7,9H2,1-2H3;1-2H3. The lowest BCUT2D eigenvalue weighted by Gasteiger charge is -2.22. The topological polar surface area (TPSA) is 3.24 Å². The van der Waals surface area contributed by atoms with Gasteiger partial charge in [-0.1, -0.05) is 44.2 Å². The molecule has 1 heteroatoms. The van der Waals surface area contributed by atoms with Gasteiger partial charge >= 0.3 is 0 Å². The van der Waals surface area contributed by atoms with Crippen LogP contribution in [-0.2, 0) is 0 Å².